The van der Waals surface area contributed by atoms with Gasteiger partial charge in [0.15, 0.2) is 0 Å². The molecule has 1 heterocycles. The number of nitrogens with one attached hydrogen (secondary N) is 1. The van der Waals surface area contributed by atoms with Gasteiger partial charge in [0.25, 0.3) is 0 Å². The number of benzene rings is 1. The molecular weight excluding hydrogens is 268 g/mol. The van der Waals surface area contributed by atoms with Crippen LogP contribution >= 0.6 is 0 Å². The third kappa shape index (κ3) is 2.14. The van der Waals surface area contributed by atoms with Crippen molar-refractivity contribution in [3.8, 4) is 0 Å². The Bertz CT molecular complexity index is 691. The van der Waals surface area contributed by atoms with Crippen LogP contribution in [0.25, 0.3) is 6.08 Å². The molecule has 0 radical (unpaired) electrons. The summed E-state index contributed by atoms with van der Waals surface area (Å²) in [5, 5.41) is 3.62. The Balaban J connectivity index is 2.26. The first kappa shape index (κ1) is 14.8. The Hall–Kier alpha value is -2.09. The second-order valence-corrected chi connectivity index (χ2v) is 5.98. The zero-order chi connectivity index (χ0) is 15.6. The topological polar surface area (TPSA) is 24.4 Å². The van der Waals surface area contributed by atoms with E-state index >= 15 is 0 Å². The van der Waals surface area contributed by atoms with Gasteiger partial charge in [0.05, 0.1) is 17.7 Å². The summed E-state index contributed by atoms with van der Waals surface area (Å²) in [6, 6.07) is 8.76. The van der Waals surface area contributed by atoms with E-state index < -0.39 is 0 Å². The van der Waals surface area contributed by atoms with Crippen LogP contribution in [0, 0.1) is 0 Å². The fourth-order valence-corrected chi connectivity index (χ4v) is 3.82. The standard InChI is InChI=1S/C20H24N2/c1-4-8-16-9-6-7-10-17(16)20(15(3)5-2)12-11-18-19(20)22-14-13-21-18/h4-10,13,22H,11-12,14H2,1-3H3/b8-4+,15-5+. The van der Waals surface area contributed by atoms with Crippen LogP contribution in [0.2, 0.25) is 0 Å². The highest BCUT2D eigenvalue weighted by Crippen LogP contribution is 2.50. The van der Waals surface area contributed by atoms with E-state index in [2.05, 4.69) is 73.6 Å². The summed E-state index contributed by atoms with van der Waals surface area (Å²) in [7, 11) is 0. The summed E-state index contributed by atoms with van der Waals surface area (Å²) in [5.41, 5.74) is 6.57. The van der Waals surface area contributed by atoms with Crippen molar-refractivity contribution in [2.45, 2.75) is 39.0 Å². The van der Waals surface area contributed by atoms with Crippen molar-refractivity contribution in [2.75, 3.05) is 6.54 Å². The van der Waals surface area contributed by atoms with E-state index in [0.717, 1.165) is 19.4 Å². The average Bonchev–Trinajstić information content (AvgIpc) is 2.95. The third-order valence-electron chi connectivity index (χ3n) is 4.94. The summed E-state index contributed by atoms with van der Waals surface area (Å²) in [5.74, 6) is 0. The van der Waals surface area contributed by atoms with Gasteiger partial charge in [0.1, 0.15) is 0 Å². The van der Waals surface area contributed by atoms with Crippen molar-refractivity contribution in [2.24, 2.45) is 4.99 Å². The molecule has 2 nitrogen and oxygen atoms in total. The van der Waals surface area contributed by atoms with Crippen molar-refractivity contribution in [3.05, 3.63) is 64.5 Å². The smallest absolute Gasteiger partial charge is 0.0602 e. The Morgan fingerprint density at radius 1 is 1.27 bits per heavy atom. The molecule has 0 aromatic heterocycles. The minimum absolute atomic E-state index is 0.0576. The summed E-state index contributed by atoms with van der Waals surface area (Å²) < 4.78 is 0. The SMILES string of the molecule is C/C=C/c1ccccc1C1(/C(C)=C/C)CCC2=C1NCC=N2. The number of hydrogen-bond donors (Lipinski definition) is 1. The van der Waals surface area contributed by atoms with Crippen LogP contribution in [0.4, 0.5) is 0 Å². The molecule has 0 saturated carbocycles. The van der Waals surface area contributed by atoms with E-state index in [0.29, 0.717) is 0 Å². The molecule has 1 aliphatic carbocycles. The fourth-order valence-electron chi connectivity index (χ4n) is 3.82. The highest BCUT2D eigenvalue weighted by Gasteiger charge is 2.45. The molecule has 0 bridgehead atoms. The lowest BCUT2D eigenvalue weighted by molar-refractivity contribution is 0.547. The predicted molar refractivity (Wildman–Crippen MR) is 95.0 cm³/mol. The molecule has 0 amide bonds. The second kappa shape index (κ2) is 5.96. The molecule has 0 fully saturated rings. The van der Waals surface area contributed by atoms with E-state index in [-0.39, 0.29) is 5.41 Å². The highest BCUT2D eigenvalue weighted by atomic mass is 15.0. The van der Waals surface area contributed by atoms with Crippen molar-refractivity contribution in [3.63, 3.8) is 0 Å². The first-order chi connectivity index (χ1) is 10.7. The van der Waals surface area contributed by atoms with E-state index in [4.69, 9.17) is 0 Å². The Labute approximate surface area is 133 Å². The van der Waals surface area contributed by atoms with Gasteiger partial charge in [-0.05, 0) is 44.7 Å². The lowest BCUT2D eigenvalue weighted by atomic mass is 9.70. The van der Waals surface area contributed by atoms with Crippen LogP contribution in [0.15, 0.2) is 58.4 Å². The van der Waals surface area contributed by atoms with Gasteiger partial charge < -0.3 is 5.32 Å². The van der Waals surface area contributed by atoms with E-state index in [1.807, 2.05) is 6.21 Å². The molecule has 1 aliphatic heterocycles. The highest BCUT2D eigenvalue weighted by molar-refractivity contribution is 5.68. The van der Waals surface area contributed by atoms with Gasteiger partial charge in [-0.15, -0.1) is 0 Å². The van der Waals surface area contributed by atoms with Crippen LogP contribution in [0.3, 0.4) is 0 Å². The molecule has 0 saturated heterocycles. The summed E-state index contributed by atoms with van der Waals surface area (Å²) in [4.78, 5) is 4.65. The predicted octanol–water partition coefficient (Wildman–Crippen LogP) is 4.60. The number of nitrogens with zero attached hydrogens (tertiary/aromatic N) is 1. The third-order valence-corrected chi connectivity index (χ3v) is 4.94. The lowest BCUT2D eigenvalue weighted by Gasteiger charge is -2.36. The molecule has 1 atom stereocenters. The summed E-state index contributed by atoms with van der Waals surface area (Å²) in [6.45, 7) is 7.29. The van der Waals surface area contributed by atoms with Crippen LogP contribution in [-0.2, 0) is 5.41 Å². The Kier molecular flexibility index (Phi) is 4.02. The minimum atomic E-state index is -0.0576. The van der Waals surface area contributed by atoms with Gasteiger partial charge >= 0.3 is 0 Å². The maximum Gasteiger partial charge on any atom is 0.0602 e. The van der Waals surface area contributed by atoms with Gasteiger partial charge in [0, 0.05) is 11.9 Å². The molecule has 2 heteroatoms. The van der Waals surface area contributed by atoms with E-state index in [9.17, 15) is 0 Å². The zero-order valence-corrected chi connectivity index (χ0v) is 13.7. The monoisotopic (exact) mass is 292 g/mol. The molecule has 114 valence electrons. The zero-order valence-electron chi connectivity index (χ0n) is 13.7. The number of allylic oxidation sites excluding steroid dienone is 4. The molecule has 1 aromatic carbocycles. The molecule has 3 rings (SSSR count). The van der Waals surface area contributed by atoms with Crippen LogP contribution in [0.1, 0.15) is 44.7 Å². The van der Waals surface area contributed by atoms with Gasteiger partial charge in [-0.25, -0.2) is 0 Å². The van der Waals surface area contributed by atoms with Crippen LogP contribution in [-0.4, -0.2) is 12.8 Å². The van der Waals surface area contributed by atoms with Crippen molar-refractivity contribution in [1.82, 2.24) is 5.32 Å². The van der Waals surface area contributed by atoms with Crippen molar-refractivity contribution >= 4 is 12.3 Å². The minimum Gasteiger partial charge on any atom is -0.381 e. The van der Waals surface area contributed by atoms with E-state index in [1.54, 1.807) is 0 Å². The lowest BCUT2D eigenvalue weighted by Crippen LogP contribution is -2.37. The van der Waals surface area contributed by atoms with E-state index in [1.165, 1.54) is 28.1 Å². The largest absolute Gasteiger partial charge is 0.381 e. The van der Waals surface area contributed by atoms with Gasteiger partial charge in [-0.1, -0.05) is 48.1 Å². The van der Waals surface area contributed by atoms with Gasteiger partial charge in [-0.2, -0.15) is 0 Å². The summed E-state index contributed by atoms with van der Waals surface area (Å²) >= 11 is 0. The summed E-state index contributed by atoms with van der Waals surface area (Å²) in [6.07, 6.45) is 10.7. The molecular formula is C20H24N2. The maximum atomic E-state index is 4.65. The first-order valence-electron chi connectivity index (χ1n) is 8.09. The van der Waals surface area contributed by atoms with Crippen LogP contribution in [0.5, 0.6) is 0 Å². The fraction of sp³-hybridized carbons (Fsp3) is 0.350. The average molecular weight is 292 g/mol. The first-order valence-corrected chi connectivity index (χ1v) is 8.09. The van der Waals surface area contributed by atoms with Gasteiger partial charge in [0.2, 0.25) is 0 Å². The van der Waals surface area contributed by atoms with Crippen molar-refractivity contribution < 1.29 is 0 Å². The molecule has 0 spiro atoms. The Morgan fingerprint density at radius 3 is 2.86 bits per heavy atom. The molecule has 1 unspecified atom stereocenters. The Morgan fingerprint density at radius 2 is 2.09 bits per heavy atom. The quantitative estimate of drug-likeness (QED) is 0.809. The van der Waals surface area contributed by atoms with Crippen molar-refractivity contribution in [1.29, 1.82) is 0 Å². The molecule has 1 N–H and O–H groups in total. The number of aliphatic imine (C=N–C) groups is 1. The van der Waals surface area contributed by atoms with Gasteiger partial charge in [-0.3, -0.25) is 4.99 Å². The maximum absolute atomic E-state index is 4.65. The number of hydrogen-bond acceptors (Lipinski definition) is 2. The molecule has 22 heavy (non-hydrogen) atoms. The normalized spacial score (nSPS) is 24.8. The van der Waals surface area contributed by atoms with Crippen LogP contribution < -0.4 is 5.32 Å². The second-order valence-electron chi connectivity index (χ2n) is 5.98. The molecule has 1 aromatic rings. The number of rotatable bonds is 3. The molecule has 2 aliphatic rings.